The molecule has 7 nitrogen and oxygen atoms in total. The predicted octanol–water partition coefficient (Wildman–Crippen LogP) is 4.63. The van der Waals surface area contributed by atoms with E-state index < -0.39 is 0 Å². The summed E-state index contributed by atoms with van der Waals surface area (Å²) in [6, 6.07) is 17.3. The summed E-state index contributed by atoms with van der Waals surface area (Å²) < 4.78 is 17.2. The summed E-state index contributed by atoms with van der Waals surface area (Å²) in [6.07, 6.45) is 5.81. The molecular formula is C28H33N3O4. The van der Waals surface area contributed by atoms with Crippen molar-refractivity contribution in [3.8, 4) is 17.2 Å². The highest BCUT2D eigenvalue weighted by Gasteiger charge is 2.24. The predicted molar refractivity (Wildman–Crippen MR) is 135 cm³/mol. The monoisotopic (exact) mass is 475 g/mol. The molecule has 1 aliphatic rings. The number of carbonyl (C=O) groups is 1. The molecule has 1 aromatic heterocycles. The minimum absolute atomic E-state index is 0.0888. The summed E-state index contributed by atoms with van der Waals surface area (Å²) in [7, 11) is 1.67. The highest BCUT2D eigenvalue weighted by Crippen LogP contribution is 2.30. The van der Waals surface area contributed by atoms with Gasteiger partial charge in [0.2, 0.25) is 0 Å². The first-order valence-electron chi connectivity index (χ1n) is 12.1. The van der Waals surface area contributed by atoms with Crippen LogP contribution < -0.4 is 19.5 Å². The Hall–Kier alpha value is -3.58. The molecule has 0 bridgehead atoms. The largest absolute Gasteiger partial charge is 0.497 e. The van der Waals surface area contributed by atoms with Crippen molar-refractivity contribution in [3.63, 3.8) is 0 Å². The topological polar surface area (TPSA) is 72.9 Å². The average molecular weight is 476 g/mol. The lowest BCUT2D eigenvalue weighted by Gasteiger charge is -2.28. The van der Waals surface area contributed by atoms with Gasteiger partial charge in [0.15, 0.2) is 11.5 Å². The lowest BCUT2D eigenvalue weighted by atomic mass is 10.0. The van der Waals surface area contributed by atoms with Crippen molar-refractivity contribution < 1.29 is 19.0 Å². The summed E-state index contributed by atoms with van der Waals surface area (Å²) in [4.78, 5) is 19.6. The maximum Gasteiger partial charge on any atom is 0.251 e. The molecule has 0 spiro atoms. The van der Waals surface area contributed by atoms with Crippen molar-refractivity contribution in [2.75, 3.05) is 33.4 Å². The molecule has 0 radical (unpaired) electrons. The Balaban J connectivity index is 1.45. The third-order valence-corrected chi connectivity index (χ3v) is 6.17. The summed E-state index contributed by atoms with van der Waals surface area (Å²) in [5.41, 5.74) is 2.69. The molecule has 0 aliphatic carbocycles. The molecule has 1 amide bonds. The van der Waals surface area contributed by atoms with Gasteiger partial charge in [0, 0.05) is 24.5 Å². The van der Waals surface area contributed by atoms with E-state index in [2.05, 4.69) is 27.3 Å². The zero-order chi connectivity index (χ0) is 24.5. The van der Waals surface area contributed by atoms with Crippen LogP contribution in [0.25, 0.3) is 0 Å². The van der Waals surface area contributed by atoms with Gasteiger partial charge >= 0.3 is 0 Å². The van der Waals surface area contributed by atoms with Crippen LogP contribution in [0.4, 0.5) is 0 Å². The van der Waals surface area contributed by atoms with Crippen molar-refractivity contribution in [3.05, 3.63) is 83.7 Å². The first kappa shape index (κ1) is 24.5. The molecule has 35 heavy (non-hydrogen) atoms. The van der Waals surface area contributed by atoms with E-state index in [4.69, 9.17) is 14.2 Å². The van der Waals surface area contributed by atoms with Crippen LogP contribution in [0.2, 0.25) is 0 Å². The zero-order valence-corrected chi connectivity index (χ0v) is 20.4. The van der Waals surface area contributed by atoms with Crippen LogP contribution >= 0.6 is 0 Å². The molecule has 1 unspecified atom stereocenters. The number of nitrogens with one attached hydrogen (secondary N) is 1. The molecule has 0 saturated carbocycles. The lowest BCUT2D eigenvalue weighted by molar-refractivity contribution is 0.0937. The Bertz CT molecular complexity index is 1100. The van der Waals surface area contributed by atoms with Crippen molar-refractivity contribution in [1.82, 2.24) is 15.2 Å². The summed E-state index contributed by atoms with van der Waals surface area (Å²) >= 11 is 0. The van der Waals surface area contributed by atoms with Crippen molar-refractivity contribution in [1.29, 1.82) is 0 Å². The van der Waals surface area contributed by atoms with Crippen LogP contribution in [0.15, 0.2) is 67.0 Å². The van der Waals surface area contributed by atoms with Gasteiger partial charge in [-0.25, -0.2) is 0 Å². The number of methoxy groups -OCH3 is 1. The number of hydrogen-bond donors (Lipinski definition) is 1. The second-order valence-electron chi connectivity index (χ2n) is 8.48. The van der Waals surface area contributed by atoms with E-state index in [1.807, 2.05) is 31.2 Å². The van der Waals surface area contributed by atoms with Gasteiger partial charge in [0.1, 0.15) is 12.4 Å². The first-order valence-corrected chi connectivity index (χ1v) is 12.1. The smallest absolute Gasteiger partial charge is 0.251 e. The van der Waals surface area contributed by atoms with Gasteiger partial charge < -0.3 is 19.5 Å². The SMILES string of the molecule is CCOc1cc(C(=O)NCC(c2cccc(OC)c2)N2CCCC2)ccc1OCc1ccncc1. The van der Waals surface area contributed by atoms with Crippen LogP contribution in [0.1, 0.15) is 47.3 Å². The van der Waals surface area contributed by atoms with Crippen molar-refractivity contribution in [2.45, 2.75) is 32.4 Å². The molecule has 1 N–H and O–H groups in total. The Labute approximate surface area is 207 Å². The molecule has 3 aromatic rings. The van der Waals surface area contributed by atoms with E-state index in [0.717, 1.165) is 30.0 Å². The summed E-state index contributed by atoms with van der Waals surface area (Å²) in [5.74, 6) is 1.84. The minimum Gasteiger partial charge on any atom is -0.497 e. The number of hydrogen-bond acceptors (Lipinski definition) is 6. The molecule has 184 valence electrons. The van der Waals surface area contributed by atoms with E-state index in [-0.39, 0.29) is 11.9 Å². The number of aromatic nitrogens is 1. The van der Waals surface area contributed by atoms with E-state index in [1.54, 1.807) is 37.7 Å². The van der Waals surface area contributed by atoms with E-state index in [9.17, 15) is 4.79 Å². The van der Waals surface area contributed by atoms with Crippen LogP contribution in [0.3, 0.4) is 0 Å². The number of nitrogens with zero attached hydrogens (tertiary/aromatic N) is 2. The Morgan fingerprint density at radius 3 is 2.57 bits per heavy atom. The molecule has 1 fully saturated rings. The molecule has 2 aromatic carbocycles. The normalized spacial score (nSPS) is 14.3. The summed E-state index contributed by atoms with van der Waals surface area (Å²) in [6.45, 7) is 5.34. The van der Waals surface area contributed by atoms with E-state index in [1.165, 1.54) is 12.8 Å². The Morgan fingerprint density at radius 1 is 1.03 bits per heavy atom. The molecule has 1 aliphatic heterocycles. The van der Waals surface area contributed by atoms with Gasteiger partial charge in [0.25, 0.3) is 5.91 Å². The quantitative estimate of drug-likeness (QED) is 0.436. The summed E-state index contributed by atoms with van der Waals surface area (Å²) in [5, 5.41) is 3.13. The fourth-order valence-corrected chi connectivity index (χ4v) is 4.33. The highest BCUT2D eigenvalue weighted by atomic mass is 16.5. The number of benzene rings is 2. The van der Waals surface area contributed by atoms with Gasteiger partial charge in [-0.05, 0) is 86.4 Å². The van der Waals surface area contributed by atoms with Crippen LogP contribution in [0.5, 0.6) is 17.2 Å². The van der Waals surface area contributed by atoms with Crippen molar-refractivity contribution in [2.24, 2.45) is 0 Å². The number of rotatable bonds is 11. The first-order chi connectivity index (χ1) is 17.2. The number of amides is 1. The average Bonchev–Trinajstić information content (AvgIpc) is 3.43. The molecule has 1 atom stereocenters. The molecular weight excluding hydrogens is 442 g/mol. The van der Waals surface area contributed by atoms with Gasteiger partial charge in [-0.2, -0.15) is 0 Å². The van der Waals surface area contributed by atoms with Crippen LogP contribution in [0, 0.1) is 0 Å². The maximum absolute atomic E-state index is 13.1. The van der Waals surface area contributed by atoms with E-state index >= 15 is 0 Å². The van der Waals surface area contributed by atoms with Gasteiger partial charge in [-0.15, -0.1) is 0 Å². The molecule has 7 heteroatoms. The molecule has 2 heterocycles. The highest BCUT2D eigenvalue weighted by molar-refractivity contribution is 5.94. The standard InChI is InChI=1S/C28H33N3O4/c1-3-34-27-18-23(9-10-26(27)35-20-21-11-13-29-14-12-21)28(32)30-19-25(31-15-4-5-16-31)22-7-6-8-24(17-22)33-2/h6-14,17-18,25H,3-5,15-16,19-20H2,1-2H3,(H,30,32). The van der Waals surface area contributed by atoms with Gasteiger partial charge in [-0.1, -0.05) is 12.1 Å². The molecule has 4 rings (SSSR count). The third-order valence-electron chi connectivity index (χ3n) is 6.17. The van der Waals surface area contributed by atoms with Crippen LogP contribution in [-0.2, 0) is 6.61 Å². The fraction of sp³-hybridized carbons (Fsp3) is 0.357. The number of carbonyl (C=O) groups excluding carboxylic acids is 1. The maximum atomic E-state index is 13.1. The zero-order valence-electron chi connectivity index (χ0n) is 20.4. The second-order valence-corrected chi connectivity index (χ2v) is 8.48. The van der Waals surface area contributed by atoms with Gasteiger partial charge in [0.05, 0.1) is 19.8 Å². The molecule has 1 saturated heterocycles. The van der Waals surface area contributed by atoms with Gasteiger partial charge in [-0.3, -0.25) is 14.7 Å². The lowest BCUT2D eigenvalue weighted by Crippen LogP contribution is -2.36. The Morgan fingerprint density at radius 2 is 1.83 bits per heavy atom. The number of ether oxygens (including phenoxy) is 3. The van der Waals surface area contributed by atoms with Crippen molar-refractivity contribution >= 4 is 5.91 Å². The minimum atomic E-state index is -0.140. The number of pyridine rings is 1. The van der Waals surface area contributed by atoms with Crippen LogP contribution in [-0.4, -0.2) is 49.1 Å². The Kier molecular flexibility index (Phi) is 8.57. The van der Waals surface area contributed by atoms with E-state index in [0.29, 0.717) is 36.8 Å². The number of likely N-dealkylation sites (tertiary alicyclic amines) is 1. The second kappa shape index (κ2) is 12.2. The third kappa shape index (κ3) is 6.51. The fourth-order valence-electron chi connectivity index (χ4n) is 4.33.